The maximum atomic E-state index is 17.2. The molecule has 0 aromatic heterocycles. The lowest BCUT2D eigenvalue weighted by atomic mass is 9.85. The topological polar surface area (TPSA) is 108 Å². The molecule has 3 aromatic rings. The smallest absolute Gasteiger partial charge is 0.339 e. The van der Waals surface area contributed by atoms with Crippen LogP contribution in [0.4, 0.5) is 23.2 Å². The molecule has 1 atom stereocenters. The van der Waals surface area contributed by atoms with Crippen molar-refractivity contribution in [2.75, 3.05) is 69.9 Å². The van der Waals surface area contributed by atoms with E-state index in [2.05, 4.69) is 16.8 Å². The van der Waals surface area contributed by atoms with Crippen LogP contribution in [0.3, 0.4) is 0 Å². The number of rotatable bonds is 17. The quantitative estimate of drug-likeness (QED) is 0.0369. The minimum atomic E-state index is -3.90. The van der Waals surface area contributed by atoms with E-state index in [4.69, 9.17) is 21.1 Å². The highest BCUT2D eigenvalue weighted by Gasteiger charge is 2.46. The second-order valence-electron chi connectivity index (χ2n) is 15.2. The summed E-state index contributed by atoms with van der Waals surface area (Å²) in [5, 5.41) is 13.6. The molecule has 3 aliphatic heterocycles. The molecule has 9 nitrogen and oxygen atoms in total. The largest absolute Gasteiger partial charge is 0.478 e. The van der Waals surface area contributed by atoms with Crippen LogP contribution in [0.1, 0.15) is 64.4 Å². The molecular formula is C44H46ClF4N3O6P+. The number of carboxylic acid groups (broad SMARTS) is 1. The van der Waals surface area contributed by atoms with Crippen molar-refractivity contribution >= 4 is 58.2 Å². The van der Waals surface area contributed by atoms with E-state index in [1.54, 1.807) is 65.6 Å². The van der Waals surface area contributed by atoms with E-state index in [9.17, 15) is 19.1 Å². The van der Waals surface area contributed by atoms with Gasteiger partial charge < -0.3 is 29.4 Å². The molecule has 1 aliphatic carbocycles. The number of amides is 1. The molecule has 0 spiro atoms. The summed E-state index contributed by atoms with van der Waals surface area (Å²) in [6.07, 6.45) is 7.83. The summed E-state index contributed by atoms with van der Waals surface area (Å²) < 4.78 is 92.5. The number of nitrogens with one attached hydrogen (secondary N) is 1. The van der Waals surface area contributed by atoms with Crippen molar-refractivity contribution in [3.63, 3.8) is 0 Å². The molecule has 2 N–H and O–H groups in total. The Balaban J connectivity index is 1.29. The van der Waals surface area contributed by atoms with Crippen LogP contribution in [-0.2, 0) is 14.0 Å². The number of anilines is 1. The molecule has 0 saturated carbocycles. The van der Waals surface area contributed by atoms with Crippen molar-refractivity contribution < 1.29 is 50.9 Å². The van der Waals surface area contributed by atoms with Gasteiger partial charge in [0.05, 0.1) is 38.8 Å². The zero-order valence-electron chi connectivity index (χ0n) is 32.6. The molecule has 7 rings (SSSR count). The number of halogens is 5. The molecule has 1 amide bonds. The minimum absolute atomic E-state index is 0.0514. The normalized spacial score (nSPS) is 19.9. The van der Waals surface area contributed by atoms with E-state index in [0.717, 1.165) is 44.5 Å². The first-order valence-electron chi connectivity index (χ1n) is 19.9. The first-order valence-corrected chi connectivity index (χ1v) is 22.1. The minimum Gasteiger partial charge on any atom is -0.478 e. The van der Waals surface area contributed by atoms with Crippen molar-refractivity contribution in [3.05, 3.63) is 117 Å². The van der Waals surface area contributed by atoms with Crippen molar-refractivity contribution in [2.24, 2.45) is 5.92 Å². The molecule has 3 heterocycles. The molecule has 2 saturated heterocycles. The van der Waals surface area contributed by atoms with Gasteiger partial charge in [0.25, 0.3) is 5.91 Å². The third-order valence-electron chi connectivity index (χ3n) is 11.0. The highest BCUT2D eigenvalue weighted by Crippen LogP contribution is 2.62. The number of aromatic carboxylic acids is 1. The number of unbranched alkanes of at least 4 members (excludes halogenated alkanes) is 3. The Morgan fingerprint density at radius 3 is 2.29 bits per heavy atom. The average molecular weight is 855 g/mol. The van der Waals surface area contributed by atoms with Gasteiger partial charge in [0.15, 0.2) is 31.9 Å². The van der Waals surface area contributed by atoms with Crippen LogP contribution < -0.4 is 20.8 Å². The van der Waals surface area contributed by atoms with Gasteiger partial charge in [0.2, 0.25) is 5.71 Å². The zero-order valence-corrected chi connectivity index (χ0v) is 34.3. The number of hydrogen-bond acceptors (Lipinski definition) is 6. The van der Waals surface area contributed by atoms with Gasteiger partial charge in [0, 0.05) is 63.9 Å². The number of carboxylic acids is 1. The molecule has 4 aliphatic rings. The lowest BCUT2D eigenvalue weighted by Crippen LogP contribution is -2.48. The fourth-order valence-corrected chi connectivity index (χ4v) is 11.3. The fraction of sp³-hybridized carbons (Fsp3) is 0.386. The Kier molecular flexibility index (Phi) is 13.3. The predicted molar refractivity (Wildman–Crippen MR) is 221 cm³/mol. The molecule has 59 heavy (non-hydrogen) atoms. The standard InChI is InChI=1S/C44H45ClF4N3O6P/c1-27-23-51(24-27)29-11-13-32-34(21-29)59(56,31-9-5-4-6-10-31)35-22-30(52-25-28(46)26-52)12-14-33(35)36(32)37-38(44(54)55)41(48)42(49)39(40(37)47)43(53)50-16-18-58-20-19-57-17-8-3-2-7-15-45/h4-6,9-14,21-22,27-28H,2-3,7-8,15-20,23-26H2,1H3,(H-,50,53,54,55)/p+1. The molecule has 3 aromatic carbocycles. The van der Waals surface area contributed by atoms with Gasteiger partial charge in [-0.05, 0) is 42.2 Å². The Labute approximate surface area is 345 Å². The Hall–Kier alpha value is -4.55. The summed E-state index contributed by atoms with van der Waals surface area (Å²) in [6.45, 7) is 4.51. The van der Waals surface area contributed by atoms with E-state index in [0.29, 0.717) is 36.0 Å². The summed E-state index contributed by atoms with van der Waals surface area (Å²) in [5.74, 6) is -7.77. The molecule has 2 fully saturated rings. The van der Waals surface area contributed by atoms with E-state index in [1.165, 1.54) is 6.07 Å². The monoisotopic (exact) mass is 854 g/mol. The van der Waals surface area contributed by atoms with Crippen LogP contribution in [0.5, 0.6) is 0 Å². The number of hydrogen-bond donors (Lipinski definition) is 2. The third-order valence-corrected chi connectivity index (χ3v) is 14.4. The van der Waals surface area contributed by atoms with Gasteiger partial charge in [-0.15, -0.1) is 11.6 Å². The van der Waals surface area contributed by atoms with Crippen molar-refractivity contribution in [1.29, 1.82) is 0 Å². The Bertz CT molecular complexity index is 2300. The lowest BCUT2D eigenvalue weighted by molar-refractivity contribution is -0.601. The zero-order chi connectivity index (χ0) is 41.8. The second kappa shape index (κ2) is 18.4. The van der Waals surface area contributed by atoms with Crippen LogP contribution in [0.2, 0.25) is 0 Å². The molecule has 312 valence electrons. The summed E-state index contributed by atoms with van der Waals surface area (Å²) >= 11 is 5.69. The van der Waals surface area contributed by atoms with E-state index in [1.807, 2.05) is 0 Å². The molecule has 0 radical (unpaired) electrons. The van der Waals surface area contributed by atoms with Crippen LogP contribution >= 0.6 is 18.7 Å². The Morgan fingerprint density at radius 1 is 0.915 bits per heavy atom. The number of ether oxygens (including phenoxy) is 2. The van der Waals surface area contributed by atoms with Crippen LogP contribution in [-0.4, -0.2) is 98.5 Å². The van der Waals surface area contributed by atoms with Crippen molar-refractivity contribution in [1.82, 2.24) is 5.32 Å². The highest BCUT2D eigenvalue weighted by molar-refractivity contribution is 7.83. The van der Waals surface area contributed by atoms with Crippen molar-refractivity contribution in [3.8, 4) is 0 Å². The highest BCUT2D eigenvalue weighted by atomic mass is 35.5. The van der Waals surface area contributed by atoms with Gasteiger partial charge in [-0.1, -0.05) is 56.2 Å². The number of nitrogens with zero attached hydrogens (tertiary/aromatic N) is 2. The summed E-state index contributed by atoms with van der Waals surface area (Å²) in [4.78, 5) is 28.1. The maximum absolute atomic E-state index is 17.2. The number of fused-ring (bicyclic) bond motifs is 2. The molecule has 0 bridgehead atoms. The average Bonchev–Trinajstić information content (AvgIpc) is 3.20. The molecular weight excluding hydrogens is 809 g/mol. The van der Waals surface area contributed by atoms with Gasteiger partial charge >= 0.3 is 5.97 Å². The molecule has 1 unspecified atom stereocenters. The summed E-state index contributed by atoms with van der Waals surface area (Å²) in [6, 6.07) is 13.4. The Morgan fingerprint density at radius 2 is 1.61 bits per heavy atom. The number of carbonyl (C=O) groups excluding carboxylic acids is 1. The number of alkyl halides is 2. The van der Waals surface area contributed by atoms with Gasteiger partial charge in [-0.2, -0.15) is 0 Å². The fourth-order valence-electron chi connectivity index (χ4n) is 7.98. The van der Waals surface area contributed by atoms with Crippen LogP contribution in [0.25, 0.3) is 5.57 Å². The van der Waals surface area contributed by atoms with Crippen molar-refractivity contribution in [2.45, 2.75) is 38.8 Å². The van der Waals surface area contributed by atoms with E-state index in [-0.39, 0.29) is 60.2 Å². The predicted octanol–water partition coefficient (Wildman–Crippen LogP) is 7.21. The first kappa shape index (κ1) is 42.6. The van der Waals surface area contributed by atoms with Gasteiger partial charge in [-0.3, -0.25) is 4.79 Å². The second-order valence-corrected chi connectivity index (χ2v) is 18.3. The molecule has 15 heteroatoms. The van der Waals surface area contributed by atoms with Gasteiger partial charge in [-0.25, -0.2) is 26.9 Å². The summed E-state index contributed by atoms with van der Waals surface area (Å²) in [7, 11) is -3.90. The first-order chi connectivity index (χ1) is 28.4. The van der Waals surface area contributed by atoms with Crippen LogP contribution in [0, 0.1) is 23.4 Å². The number of allylic oxidation sites excluding steroid dienone is 5. The summed E-state index contributed by atoms with van der Waals surface area (Å²) in [5.41, 5.74) is -2.21. The van der Waals surface area contributed by atoms with Gasteiger partial charge in [0.1, 0.15) is 23.1 Å². The number of benzene rings is 3. The number of carbonyl (C=O) groups is 2. The third kappa shape index (κ3) is 8.44. The van der Waals surface area contributed by atoms with E-state index >= 15 is 17.7 Å². The SMILES string of the molecule is CC1C[N+](=C2C=CC3=C(c4c(F)c(C(=O)NCCOCCOCCCCCCCl)c(F)c(F)c4C(=O)O)c4ccc(N5CC(F)C5)cc4P(=O)(c4ccccc4)C3=C2)C1. The van der Waals surface area contributed by atoms with Crippen LogP contribution in [0.15, 0.2) is 77.6 Å². The lowest BCUT2D eigenvalue weighted by Gasteiger charge is -2.39. The maximum Gasteiger partial charge on any atom is 0.339 e. The van der Waals surface area contributed by atoms with E-state index < -0.39 is 59.3 Å².